The maximum atomic E-state index is 12.5. The van der Waals surface area contributed by atoms with Crippen LogP contribution in [-0.2, 0) is 4.79 Å². The lowest BCUT2D eigenvalue weighted by Crippen LogP contribution is -2.40. The summed E-state index contributed by atoms with van der Waals surface area (Å²) in [4.78, 5) is 14.6. The fourth-order valence-corrected chi connectivity index (χ4v) is 3.98. The van der Waals surface area contributed by atoms with E-state index in [-0.39, 0.29) is 5.25 Å². The molecule has 0 aromatic rings. The lowest BCUT2D eigenvalue weighted by Gasteiger charge is -2.26. The first-order valence-electron chi connectivity index (χ1n) is 6.74. The highest BCUT2D eigenvalue weighted by atomic mass is 32.2. The van der Waals surface area contributed by atoms with E-state index in [1.807, 2.05) is 0 Å². The van der Waals surface area contributed by atoms with E-state index in [9.17, 15) is 4.79 Å². The third-order valence-corrected chi connectivity index (χ3v) is 5.33. The van der Waals surface area contributed by atoms with Crippen LogP contribution in [0, 0.1) is 17.8 Å². The predicted molar refractivity (Wildman–Crippen MR) is 73.2 cm³/mol. The second kappa shape index (κ2) is 5.61. The third-order valence-electron chi connectivity index (χ3n) is 3.90. The first kappa shape index (κ1) is 13.2. The summed E-state index contributed by atoms with van der Waals surface area (Å²) < 4.78 is 0. The smallest absolute Gasteiger partial charge is 0.235 e. The molecule has 0 saturated carbocycles. The average molecular weight is 256 g/mol. The summed E-state index contributed by atoms with van der Waals surface area (Å²) in [5, 5.41) is 3.58. The molecule has 4 heteroatoms. The number of hydrogen-bond acceptors (Lipinski definition) is 3. The number of hydrogen-bond donors (Lipinski definition) is 1. The number of thioether (sulfide) groups is 1. The minimum Gasteiger partial charge on any atom is -0.341 e. The molecule has 0 bridgehead atoms. The fourth-order valence-electron chi connectivity index (χ4n) is 2.94. The first-order chi connectivity index (χ1) is 8.13. The number of fused-ring (bicyclic) bond motifs is 1. The highest BCUT2D eigenvalue weighted by Gasteiger charge is 2.40. The molecule has 0 radical (unpaired) electrons. The molecule has 98 valence electrons. The van der Waals surface area contributed by atoms with Crippen molar-refractivity contribution in [2.75, 3.05) is 31.9 Å². The van der Waals surface area contributed by atoms with E-state index in [1.165, 1.54) is 0 Å². The Labute approximate surface area is 109 Å². The summed E-state index contributed by atoms with van der Waals surface area (Å²) >= 11 is 1.80. The van der Waals surface area contributed by atoms with Crippen molar-refractivity contribution in [3.05, 3.63) is 0 Å². The van der Waals surface area contributed by atoms with Gasteiger partial charge in [-0.1, -0.05) is 20.8 Å². The van der Waals surface area contributed by atoms with Gasteiger partial charge in [0.25, 0.3) is 0 Å². The quantitative estimate of drug-likeness (QED) is 0.826. The number of nitrogens with zero attached hydrogens (tertiary/aromatic N) is 1. The zero-order valence-corrected chi connectivity index (χ0v) is 11.9. The molecule has 3 atom stereocenters. The lowest BCUT2D eigenvalue weighted by molar-refractivity contribution is -0.130. The molecule has 2 saturated heterocycles. The molecule has 2 aliphatic heterocycles. The van der Waals surface area contributed by atoms with Gasteiger partial charge in [-0.25, -0.2) is 0 Å². The van der Waals surface area contributed by atoms with Crippen molar-refractivity contribution in [2.45, 2.75) is 26.0 Å². The Morgan fingerprint density at radius 3 is 2.41 bits per heavy atom. The zero-order valence-electron chi connectivity index (χ0n) is 11.1. The minimum absolute atomic E-state index is 0.159. The van der Waals surface area contributed by atoms with Gasteiger partial charge in [-0.15, -0.1) is 11.8 Å². The highest BCUT2D eigenvalue weighted by molar-refractivity contribution is 8.00. The van der Waals surface area contributed by atoms with E-state index >= 15 is 0 Å². The fraction of sp³-hybridized carbons (Fsp3) is 0.923. The molecule has 0 aromatic carbocycles. The normalized spacial score (nSPS) is 29.8. The lowest BCUT2D eigenvalue weighted by atomic mass is 10.0. The number of carbonyl (C=O) groups is 1. The summed E-state index contributed by atoms with van der Waals surface area (Å²) in [6.45, 7) is 10.6. The Hall–Kier alpha value is -0.220. The Morgan fingerprint density at radius 2 is 1.94 bits per heavy atom. The maximum Gasteiger partial charge on any atom is 0.235 e. The SMILES string of the molecule is CCSC(C(=O)N1C[C@H]2CNC[C@H]2C1)C(C)C. The highest BCUT2D eigenvalue weighted by Crippen LogP contribution is 2.29. The Bertz CT molecular complexity index is 271. The van der Waals surface area contributed by atoms with Gasteiger partial charge < -0.3 is 10.2 Å². The molecule has 0 spiro atoms. The molecule has 1 N–H and O–H groups in total. The topological polar surface area (TPSA) is 32.3 Å². The van der Waals surface area contributed by atoms with Crippen molar-refractivity contribution < 1.29 is 4.79 Å². The van der Waals surface area contributed by atoms with Crippen molar-refractivity contribution in [3.63, 3.8) is 0 Å². The summed E-state index contributed by atoms with van der Waals surface area (Å²) in [7, 11) is 0. The van der Waals surface area contributed by atoms with Crippen LogP contribution in [0.25, 0.3) is 0 Å². The van der Waals surface area contributed by atoms with Gasteiger partial charge in [0.1, 0.15) is 0 Å². The summed E-state index contributed by atoms with van der Waals surface area (Å²) in [5.41, 5.74) is 0. The summed E-state index contributed by atoms with van der Waals surface area (Å²) in [6, 6.07) is 0. The Balaban J connectivity index is 1.95. The third kappa shape index (κ3) is 2.79. The van der Waals surface area contributed by atoms with Crippen molar-refractivity contribution in [3.8, 4) is 0 Å². The van der Waals surface area contributed by atoms with Crippen LogP contribution < -0.4 is 5.32 Å². The molecule has 1 amide bonds. The zero-order chi connectivity index (χ0) is 12.4. The van der Waals surface area contributed by atoms with Crippen LogP contribution in [0.4, 0.5) is 0 Å². The van der Waals surface area contributed by atoms with Crippen molar-refractivity contribution in [2.24, 2.45) is 17.8 Å². The monoisotopic (exact) mass is 256 g/mol. The minimum atomic E-state index is 0.159. The van der Waals surface area contributed by atoms with Crippen molar-refractivity contribution >= 4 is 17.7 Å². The second-order valence-electron chi connectivity index (χ2n) is 5.54. The van der Waals surface area contributed by atoms with Gasteiger partial charge in [-0.3, -0.25) is 4.79 Å². The summed E-state index contributed by atoms with van der Waals surface area (Å²) in [5.74, 6) is 3.25. The van der Waals surface area contributed by atoms with Crippen LogP contribution in [0.2, 0.25) is 0 Å². The van der Waals surface area contributed by atoms with E-state index in [2.05, 4.69) is 31.0 Å². The van der Waals surface area contributed by atoms with Crippen LogP contribution in [0.1, 0.15) is 20.8 Å². The van der Waals surface area contributed by atoms with Gasteiger partial charge in [-0.2, -0.15) is 0 Å². The van der Waals surface area contributed by atoms with Gasteiger partial charge in [0.15, 0.2) is 0 Å². The van der Waals surface area contributed by atoms with E-state index in [4.69, 9.17) is 0 Å². The molecule has 2 rings (SSSR count). The van der Waals surface area contributed by atoms with Crippen LogP contribution in [0.15, 0.2) is 0 Å². The molecule has 17 heavy (non-hydrogen) atoms. The molecule has 0 aromatic heterocycles. The number of carbonyl (C=O) groups excluding carboxylic acids is 1. The van der Waals surface area contributed by atoms with Gasteiger partial charge in [0.2, 0.25) is 5.91 Å². The van der Waals surface area contributed by atoms with Gasteiger partial charge in [0, 0.05) is 26.2 Å². The van der Waals surface area contributed by atoms with Crippen LogP contribution in [0.5, 0.6) is 0 Å². The van der Waals surface area contributed by atoms with E-state index in [0.29, 0.717) is 23.7 Å². The van der Waals surface area contributed by atoms with Crippen LogP contribution >= 0.6 is 11.8 Å². The van der Waals surface area contributed by atoms with Gasteiger partial charge in [0.05, 0.1) is 5.25 Å². The Kier molecular flexibility index (Phi) is 4.36. The van der Waals surface area contributed by atoms with Gasteiger partial charge in [-0.05, 0) is 23.5 Å². The average Bonchev–Trinajstić information content (AvgIpc) is 2.84. The van der Waals surface area contributed by atoms with Crippen molar-refractivity contribution in [1.82, 2.24) is 10.2 Å². The van der Waals surface area contributed by atoms with E-state index in [0.717, 1.165) is 31.9 Å². The Morgan fingerprint density at radius 1 is 1.35 bits per heavy atom. The first-order valence-corrected chi connectivity index (χ1v) is 7.79. The molecule has 2 fully saturated rings. The van der Waals surface area contributed by atoms with Gasteiger partial charge >= 0.3 is 0 Å². The predicted octanol–water partition coefficient (Wildman–Crippen LogP) is 1.44. The standard InChI is InChI=1S/C13H24N2OS/c1-4-17-12(9(2)3)13(16)15-7-10-5-14-6-11(10)8-15/h9-12,14H,4-8H2,1-3H3/t10-,11+,12?. The number of likely N-dealkylation sites (tertiary alicyclic amines) is 1. The molecular weight excluding hydrogens is 232 g/mol. The molecule has 0 aliphatic carbocycles. The molecule has 1 unspecified atom stereocenters. The number of nitrogens with one attached hydrogen (secondary N) is 1. The largest absolute Gasteiger partial charge is 0.341 e. The molecule has 2 heterocycles. The number of amides is 1. The van der Waals surface area contributed by atoms with E-state index < -0.39 is 0 Å². The van der Waals surface area contributed by atoms with Crippen LogP contribution in [-0.4, -0.2) is 48.0 Å². The maximum absolute atomic E-state index is 12.5. The van der Waals surface area contributed by atoms with Crippen LogP contribution in [0.3, 0.4) is 0 Å². The second-order valence-corrected chi connectivity index (χ2v) is 6.96. The van der Waals surface area contributed by atoms with E-state index in [1.54, 1.807) is 11.8 Å². The molecule has 3 nitrogen and oxygen atoms in total. The number of rotatable bonds is 4. The molecule has 2 aliphatic rings. The van der Waals surface area contributed by atoms with Crippen molar-refractivity contribution in [1.29, 1.82) is 0 Å². The molecular formula is C13H24N2OS. The summed E-state index contributed by atoms with van der Waals surface area (Å²) in [6.07, 6.45) is 0.